The van der Waals surface area contributed by atoms with Gasteiger partial charge in [-0.3, -0.25) is 0 Å². The lowest BCUT2D eigenvalue weighted by Gasteiger charge is -2.17. The molecule has 0 fully saturated rings. The van der Waals surface area contributed by atoms with Crippen LogP contribution in [0.4, 0.5) is 4.39 Å². The summed E-state index contributed by atoms with van der Waals surface area (Å²) in [6, 6.07) is 4.19. The van der Waals surface area contributed by atoms with Gasteiger partial charge in [-0.1, -0.05) is 40.6 Å². The molecule has 0 atom stereocenters. The van der Waals surface area contributed by atoms with Gasteiger partial charge in [-0.2, -0.15) is 4.31 Å². The summed E-state index contributed by atoms with van der Waals surface area (Å²) in [6.07, 6.45) is 1.17. The summed E-state index contributed by atoms with van der Waals surface area (Å²) in [6.45, 7) is -0.177. The highest BCUT2D eigenvalue weighted by Crippen LogP contribution is 2.27. The normalized spacial score (nSPS) is 12.1. The van der Waals surface area contributed by atoms with Crippen molar-refractivity contribution in [1.82, 2.24) is 9.29 Å². The second kappa shape index (κ2) is 5.95. The molecule has 0 saturated heterocycles. The lowest BCUT2D eigenvalue weighted by atomic mass is 10.2. The summed E-state index contributed by atoms with van der Waals surface area (Å²) >= 11 is 12.3. The van der Waals surface area contributed by atoms with Crippen molar-refractivity contribution in [2.45, 2.75) is 10.8 Å². The lowest BCUT2D eigenvalue weighted by Crippen LogP contribution is -2.26. The third-order valence-electron chi connectivity index (χ3n) is 2.56. The Morgan fingerprint density at radius 2 is 2.10 bits per heavy atom. The van der Waals surface area contributed by atoms with Crippen molar-refractivity contribution in [1.29, 1.82) is 0 Å². The van der Waals surface area contributed by atoms with Gasteiger partial charge < -0.3 is 0 Å². The maximum absolute atomic E-state index is 13.7. The van der Waals surface area contributed by atoms with Crippen LogP contribution in [0.1, 0.15) is 5.56 Å². The largest absolute Gasteiger partial charge is 0.254 e. The van der Waals surface area contributed by atoms with Crippen molar-refractivity contribution in [2.75, 3.05) is 7.05 Å². The minimum Gasteiger partial charge on any atom is -0.232 e. The van der Waals surface area contributed by atoms with Gasteiger partial charge in [0.15, 0.2) is 8.68 Å². The highest BCUT2D eigenvalue weighted by Gasteiger charge is 2.25. The van der Waals surface area contributed by atoms with E-state index in [9.17, 15) is 12.8 Å². The third kappa shape index (κ3) is 3.12. The van der Waals surface area contributed by atoms with E-state index in [1.807, 2.05) is 0 Å². The fraction of sp³-hybridized carbons (Fsp3) is 0.182. The zero-order valence-electron chi connectivity index (χ0n) is 10.2. The minimum absolute atomic E-state index is 0.00235. The van der Waals surface area contributed by atoms with Crippen molar-refractivity contribution in [3.63, 3.8) is 0 Å². The lowest BCUT2D eigenvalue weighted by molar-refractivity contribution is 0.458. The van der Waals surface area contributed by atoms with Crippen LogP contribution in [0.25, 0.3) is 0 Å². The third-order valence-corrected chi connectivity index (χ3v) is 6.27. The molecule has 9 heteroatoms. The molecule has 0 aliphatic rings. The number of hydrogen-bond acceptors (Lipinski definition) is 4. The van der Waals surface area contributed by atoms with E-state index in [1.54, 1.807) is 0 Å². The van der Waals surface area contributed by atoms with Gasteiger partial charge in [0.1, 0.15) is 5.82 Å². The maximum atomic E-state index is 13.7. The Morgan fingerprint density at radius 1 is 1.40 bits per heavy atom. The summed E-state index contributed by atoms with van der Waals surface area (Å²) in [5.41, 5.74) is 0.121. The SMILES string of the molecule is CN(Cc1c(F)cccc1Cl)S(=O)(=O)c1cnc(Cl)s1. The second-order valence-electron chi connectivity index (χ2n) is 3.89. The van der Waals surface area contributed by atoms with Crippen LogP contribution in [-0.2, 0) is 16.6 Å². The van der Waals surface area contributed by atoms with Crippen LogP contribution in [0.15, 0.2) is 28.6 Å². The average molecular weight is 355 g/mol. The van der Waals surface area contributed by atoms with Gasteiger partial charge >= 0.3 is 0 Å². The van der Waals surface area contributed by atoms with E-state index in [1.165, 1.54) is 31.4 Å². The van der Waals surface area contributed by atoms with Crippen molar-refractivity contribution in [2.24, 2.45) is 0 Å². The number of benzene rings is 1. The number of hydrogen-bond donors (Lipinski definition) is 0. The molecule has 2 rings (SSSR count). The molecule has 1 aromatic carbocycles. The summed E-state index contributed by atoms with van der Waals surface area (Å²) in [4.78, 5) is 3.69. The van der Waals surface area contributed by atoms with E-state index in [-0.39, 0.29) is 25.8 Å². The first-order valence-corrected chi connectivity index (χ1v) is 8.34. The monoisotopic (exact) mass is 354 g/mol. The molecular weight excluding hydrogens is 346 g/mol. The fourth-order valence-corrected chi connectivity index (χ4v) is 4.37. The zero-order chi connectivity index (χ0) is 14.9. The molecular formula is C11H9Cl2FN2O2S2. The van der Waals surface area contributed by atoms with Crippen molar-refractivity contribution < 1.29 is 12.8 Å². The summed E-state index contributed by atoms with van der Waals surface area (Å²) in [7, 11) is -2.43. The van der Waals surface area contributed by atoms with E-state index in [2.05, 4.69) is 4.98 Å². The quantitative estimate of drug-likeness (QED) is 0.845. The van der Waals surface area contributed by atoms with E-state index < -0.39 is 15.8 Å². The molecule has 1 aromatic heterocycles. The van der Waals surface area contributed by atoms with Crippen LogP contribution >= 0.6 is 34.5 Å². The van der Waals surface area contributed by atoms with Crippen molar-refractivity contribution in [3.05, 3.63) is 45.3 Å². The summed E-state index contributed by atoms with van der Waals surface area (Å²) in [5, 5.41) is 0.175. The van der Waals surface area contributed by atoms with Gasteiger partial charge in [0, 0.05) is 24.2 Å². The van der Waals surface area contributed by atoms with Crippen LogP contribution < -0.4 is 0 Å². The standard InChI is InChI=1S/C11H9Cl2FN2O2S2/c1-16(6-7-8(12)3-2-4-9(7)14)20(17,18)10-5-15-11(13)19-10/h2-5H,6H2,1H3. The van der Waals surface area contributed by atoms with Gasteiger partial charge in [-0.25, -0.2) is 17.8 Å². The van der Waals surface area contributed by atoms with Crippen LogP contribution in [-0.4, -0.2) is 24.8 Å². The van der Waals surface area contributed by atoms with Crippen LogP contribution in [0.3, 0.4) is 0 Å². The smallest absolute Gasteiger partial charge is 0.232 e. The van der Waals surface area contributed by atoms with E-state index >= 15 is 0 Å². The second-order valence-corrected chi connectivity index (χ2v) is 8.19. The number of rotatable bonds is 4. The molecule has 4 nitrogen and oxygen atoms in total. The van der Waals surface area contributed by atoms with Gasteiger partial charge in [-0.15, -0.1) is 0 Å². The van der Waals surface area contributed by atoms with Crippen molar-refractivity contribution >= 4 is 44.6 Å². The predicted molar refractivity (Wildman–Crippen MR) is 77.2 cm³/mol. The molecule has 1 heterocycles. The Morgan fingerprint density at radius 3 is 2.65 bits per heavy atom. The highest BCUT2D eigenvalue weighted by atomic mass is 35.5. The average Bonchev–Trinajstić information content (AvgIpc) is 2.81. The molecule has 2 aromatic rings. The molecule has 0 N–H and O–H groups in total. The van der Waals surface area contributed by atoms with Crippen LogP contribution in [0.2, 0.25) is 9.49 Å². The minimum atomic E-state index is -3.77. The van der Waals surface area contributed by atoms with E-state index in [4.69, 9.17) is 23.2 Å². The van der Waals surface area contributed by atoms with Gasteiger partial charge in [0.05, 0.1) is 6.20 Å². The van der Waals surface area contributed by atoms with Gasteiger partial charge in [0.25, 0.3) is 10.0 Å². The molecule has 0 unspecified atom stereocenters. The Hall–Kier alpha value is -0.730. The zero-order valence-corrected chi connectivity index (χ0v) is 13.3. The molecule has 0 aliphatic carbocycles. The van der Waals surface area contributed by atoms with Gasteiger partial charge in [-0.05, 0) is 12.1 Å². The molecule has 0 radical (unpaired) electrons. The van der Waals surface area contributed by atoms with Gasteiger partial charge in [0.2, 0.25) is 0 Å². The van der Waals surface area contributed by atoms with Crippen LogP contribution in [0.5, 0.6) is 0 Å². The number of aromatic nitrogens is 1. The van der Waals surface area contributed by atoms with Crippen LogP contribution in [0, 0.1) is 5.82 Å². The number of sulfonamides is 1. The summed E-state index contributed by atoms with van der Waals surface area (Å²) < 4.78 is 39.3. The molecule has 0 amide bonds. The van der Waals surface area contributed by atoms with E-state index in [0.29, 0.717) is 0 Å². The first kappa shape index (κ1) is 15.7. The molecule has 0 aliphatic heterocycles. The summed E-state index contributed by atoms with van der Waals surface area (Å²) in [5.74, 6) is -0.554. The molecule has 0 spiro atoms. The maximum Gasteiger partial charge on any atom is 0.254 e. The first-order valence-electron chi connectivity index (χ1n) is 5.33. The van der Waals surface area contributed by atoms with E-state index in [0.717, 1.165) is 15.6 Å². The fourth-order valence-electron chi connectivity index (χ4n) is 1.50. The molecule has 108 valence electrons. The predicted octanol–water partition coefficient (Wildman–Crippen LogP) is 3.41. The molecule has 20 heavy (non-hydrogen) atoms. The first-order chi connectivity index (χ1) is 9.32. The Bertz CT molecular complexity index is 714. The Kier molecular flexibility index (Phi) is 4.66. The highest BCUT2D eigenvalue weighted by molar-refractivity contribution is 7.91. The number of thiazole rings is 1. The number of nitrogens with zero attached hydrogens (tertiary/aromatic N) is 2. The Balaban J connectivity index is 2.30. The van der Waals surface area contributed by atoms with Crippen molar-refractivity contribution in [3.8, 4) is 0 Å². The molecule has 0 saturated carbocycles. The number of halogens is 3. The molecule has 0 bridgehead atoms. The topological polar surface area (TPSA) is 50.3 Å². The Labute approximate surface area is 129 Å².